The number of benzene rings is 4. The number of methoxy groups -OCH3 is 2. The number of aromatic nitrogens is 8. The fourth-order valence-electron chi connectivity index (χ4n) is 13.7. The molecule has 0 saturated heterocycles. The third-order valence-electron chi connectivity index (χ3n) is 19.1. The predicted molar refractivity (Wildman–Crippen MR) is 466 cm³/mol. The molecule has 646 valence electrons. The number of urea groups is 4. The van der Waals surface area contributed by atoms with E-state index in [1.165, 1.54) is 106 Å². The van der Waals surface area contributed by atoms with E-state index in [1.54, 1.807) is 110 Å². The SMILES string of the molecule is COc1cc(-c2cc(F)cc(C(C)C)c2NC(=O)NS(=O)(=O)Cc2cccnc2)ccn1.COc1cc(-c2ccc3c(c2NC(=O)NS(=O)(=O)Cc2cccnc2)CCC3)ccn1.O=C(Nc1c(-c2ccncc2)cc(F)c2c1CCC2)NS(=O)(=O)Cc1cccnc1.[C-]#[N+]c1cc(-c2cc(F)cc(C(C)C)c2NC(=O)NS(=O)(=O)Cc2cccnc2)ccn1. The third-order valence-corrected chi connectivity index (χ3v) is 23.9. The predicted octanol–water partition coefficient (Wildman–Crippen LogP) is 15.4. The average Bonchev–Trinajstić information content (AvgIpc) is 1.71. The van der Waals surface area contributed by atoms with Crippen LogP contribution in [-0.4, -0.2) is 112 Å². The standard InChI is InChI=1S/C22H20FN5O3S.C22H23FN4O4S.C22H22N4O4S.C21H19FN4O3S/c1-14(2)18-10-17(23)11-19(16-6-8-26-20(9-16)24-3)21(18)27-22(29)28-32(30,31)13-15-5-4-7-25-12-15;1-14(2)18-10-17(23)11-19(16-6-8-25-20(9-16)31-3)21(18)26-22(28)27-32(29,30)13-15-5-4-7-24-12-15;1-30-20-12-17(9-11-24-20)19-8-7-16-5-2-6-18(16)21(19)25-22(27)26-31(28,29)14-15-4-3-10-23-13-15;22-19-11-18(15-6-9-23-10-7-15)20(17-5-1-4-16(17)19)25-21(27)26-30(28,29)13-14-3-2-8-24-12-14/h4-12,14H,13H2,1-2H3,(H2,27,28,29);4-12,14H,13H2,1-3H3,(H2,26,27,28);3-4,7-13H,2,5-6,14H2,1H3,(H2,25,26,27);2-3,6-12H,1,4-5,13H2,(H2,25,26,27). The number of carbonyl (C=O) groups excluding carboxylic acids is 4. The Morgan fingerprint density at radius 2 is 0.752 bits per heavy atom. The maximum atomic E-state index is 14.6. The van der Waals surface area contributed by atoms with Crippen LogP contribution in [0.5, 0.6) is 11.8 Å². The van der Waals surface area contributed by atoms with Gasteiger partial charge in [-0.3, -0.25) is 24.9 Å². The van der Waals surface area contributed by atoms with E-state index < -0.39 is 87.4 Å². The number of halogens is 3. The zero-order chi connectivity index (χ0) is 89.6. The summed E-state index contributed by atoms with van der Waals surface area (Å²) in [6, 6.07) is 33.0. The van der Waals surface area contributed by atoms with Crippen molar-refractivity contribution in [2.24, 2.45) is 0 Å². The van der Waals surface area contributed by atoms with E-state index in [2.05, 4.69) is 70.7 Å². The number of anilines is 4. The Morgan fingerprint density at radius 1 is 0.392 bits per heavy atom. The van der Waals surface area contributed by atoms with E-state index in [1.807, 2.05) is 60.1 Å². The van der Waals surface area contributed by atoms with Gasteiger partial charge in [0.1, 0.15) is 23.6 Å². The molecule has 0 unspecified atom stereocenters. The Hall–Kier alpha value is -14.2. The number of hydrogen-bond donors (Lipinski definition) is 8. The number of aryl methyl sites for hydroxylation is 1. The lowest BCUT2D eigenvalue weighted by molar-refractivity contribution is 0.255. The molecule has 4 aromatic carbocycles. The summed E-state index contributed by atoms with van der Waals surface area (Å²) >= 11 is 0. The van der Waals surface area contributed by atoms with Gasteiger partial charge in [0.25, 0.3) is 5.82 Å². The molecule has 0 fully saturated rings. The third kappa shape index (κ3) is 25.7. The number of nitrogens with one attached hydrogen (secondary N) is 8. The first-order valence-electron chi connectivity index (χ1n) is 38.5. The first-order chi connectivity index (χ1) is 59.7. The van der Waals surface area contributed by atoms with Crippen molar-refractivity contribution in [3.05, 3.63) is 305 Å². The number of amides is 8. The van der Waals surface area contributed by atoms with Crippen molar-refractivity contribution in [2.45, 2.75) is 101 Å². The van der Waals surface area contributed by atoms with E-state index in [0.29, 0.717) is 120 Å². The van der Waals surface area contributed by atoms with E-state index in [-0.39, 0.29) is 40.7 Å². The Morgan fingerprint density at radius 3 is 1.15 bits per heavy atom. The van der Waals surface area contributed by atoms with Crippen LogP contribution in [0.25, 0.3) is 49.4 Å². The highest BCUT2D eigenvalue weighted by molar-refractivity contribution is 7.90. The highest BCUT2D eigenvalue weighted by atomic mass is 32.2. The summed E-state index contributed by atoms with van der Waals surface area (Å²) in [4.78, 5) is 85.3. The molecular formula is C87H84F3N17O14S4. The quantitative estimate of drug-likeness (QED) is 0.0260. The monoisotopic (exact) mass is 1780 g/mol. The minimum atomic E-state index is -4.01. The van der Waals surface area contributed by atoms with E-state index >= 15 is 0 Å². The van der Waals surface area contributed by atoms with Gasteiger partial charge in [0.2, 0.25) is 51.9 Å². The molecule has 125 heavy (non-hydrogen) atoms. The van der Waals surface area contributed by atoms with Gasteiger partial charge in [-0.1, -0.05) is 70.7 Å². The molecule has 31 nitrogen and oxygen atoms in total. The van der Waals surface area contributed by atoms with Crippen molar-refractivity contribution in [1.29, 1.82) is 0 Å². The lowest BCUT2D eigenvalue weighted by Crippen LogP contribution is -2.35. The normalized spacial score (nSPS) is 12.0. The van der Waals surface area contributed by atoms with Crippen LogP contribution >= 0.6 is 0 Å². The Labute approximate surface area is 720 Å². The van der Waals surface area contributed by atoms with Crippen LogP contribution < -0.4 is 49.6 Å². The van der Waals surface area contributed by atoms with Crippen molar-refractivity contribution in [1.82, 2.24) is 58.8 Å². The topological polar surface area (TPSA) is 427 Å². The van der Waals surface area contributed by atoms with Gasteiger partial charge < -0.3 is 35.6 Å². The number of rotatable bonds is 24. The van der Waals surface area contributed by atoms with E-state index in [4.69, 9.17) is 16.0 Å². The first kappa shape index (κ1) is 91.6. The van der Waals surface area contributed by atoms with Gasteiger partial charge in [-0.15, -0.1) is 4.98 Å². The Bertz CT molecular complexity index is 6460. The van der Waals surface area contributed by atoms with E-state index in [0.717, 1.165) is 47.9 Å². The molecule has 14 rings (SSSR count). The fraction of sp³-hybridized carbons (Fsp3) is 0.207. The zero-order valence-electron chi connectivity index (χ0n) is 68.0. The minimum Gasteiger partial charge on any atom is -0.481 e. The summed E-state index contributed by atoms with van der Waals surface area (Å²) in [5.41, 5.74) is 12.2. The van der Waals surface area contributed by atoms with Gasteiger partial charge in [-0.05, 0) is 219 Å². The second kappa shape index (κ2) is 41.6. The summed E-state index contributed by atoms with van der Waals surface area (Å²) in [5.74, 6) is -2.39. The fourth-order valence-corrected chi connectivity index (χ4v) is 17.7. The van der Waals surface area contributed by atoms with Crippen LogP contribution in [0, 0.1) is 24.0 Å². The first-order valence-corrected chi connectivity index (χ1v) is 45.1. The maximum Gasteiger partial charge on any atom is 0.332 e. The molecule has 8 heterocycles. The summed E-state index contributed by atoms with van der Waals surface area (Å²) in [7, 11) is -12.8. The molecule has 8 aromatic heterocycles. The number of carbonyl (C=O) groups is 4. The van der Waals surface area contributed by atoms with Gasteiger partial charge in [0.15, 0.2) is 0 Å². The number of sulfonamides is 4. The van der Waals surface area contributed by atoms with Crippen LogP contribution in [-0.2, 0) is 88.8 Å². The molecular weight excluding hydrogens is 1690 g/mol. The smallest absolute Gasteiger partial charge is 0.332 e. The van der Waals surface area contributed by atoms with Gasteiger partial charge in [-0.25, -0.2) is 94.9 Å². The van der Waals surface area contributed by atoms with E-state index in [9.17, 15) is 66.0 Å². The molecule has 8 amide bonds. The Balaban J connectivity index is 0.000000162. The molecule has 0 bridgehead atoms. The van der Waals surface area contributed by atoms with Crippen LogP contribution in [0.4, 0.5) is 60.9 Å². The molecule has 2 aliphatic rings. The number of ether oxygens (including phenoxy) is 2. The molecule has 0 atom stereocenters. The molecule has 0 aliphatic heterocycles. The largest absolute Gasteiger partial charge is 0.481 e. The van der Waals surface area contributed by atoms with Gasteiger partial charge in [0.05, 0.1) is 60.0 Å². The molecule has 0 radical (unpaired) electrons. The lowest BCUT2D eigenvalue weighted by atomic mass is 9.94. The van der Waals surface area contributed by atoms with Crippen LogP contribution in [0.1, 0.15) is 108 Å². The van der Waals surface area contributed by atoms with Crippen molar-refractivity contribution >= 4 is 92.8 Å². The Kier molecular flexibility index (Phi) is 30.5. The molecule has 0 spiro atoms. The maximum absolute atomic E-state index is 14.6. The summed E-state index contributed by atoms with van der Waals surface area (Å²) < 4.78 is 161. The molecule has 38 heteroatoms. The van der Waals surface area contributed by atoms with Gasteiger partial charge in [0, 0.05) is 109 Å². The number of pyridine rings is 8. The minimum absolute atomic E-state index is 0.104. The number of nitrogens with zero attached hydrogens (tertiary/aromatic N) is 9. The lowest BCUT2D eigenvalue weighted by Gasteiger charge is -2.19. The average molecular weight is 1780 g/mol. The van der Waals surface area contributed by atoms with Crippen LogP contribution in [0.15, 0.2) is 220 Å². The van der Waals surface area contributed by atoms with Crippen molar-refractivity contribution in [3.8, 4) is 56.3 Å². The highest BCUT2D eigenvalue weighted by Crippen LogP contribution is 2.43. The van der Waals surface area contributed by atoms with Crippen LogP contribution in [0.2, 0.25) is 0 Å². The van der Waals surface area contributed by atoms with Crippen molar-refractivity contribution < 1.29 is 75.5 Å². The summed E-state index contributed by atoms with van der Waals surface area (Å²) in [6.07, 6.45) is 24.1. The van der Waals surface area contributed by atoms with Crippen molar-refractivity contribution in [3.63, 3.8) is 0 Å². The molecule has 8 N–H and O–H groups in total. The molecule has 2 aliphatic carbocycles. The number of fused-ring (bicyclic) bond motifs is 2. The summed E-state index contributed by atoms with van der Waals surface area (Å²) in [5, 5.41) is 10.6. The molecule has 12 aromatic rings. The molecule has 0 saturated carbocycles. The van der Waals surface area contributed by atoms with Gasteiger partial charge >= 0.3 is 24.1 Å². The second-order valence-corrected chi connectivity index (χ2v) is 35.7. The van der Waals surface area contributed by atoms with Crippen LogP contribution in [0.3, 0.4) is 0 Å². The zero-order valence-corrected chi connectivity index (χ0v) is 71.3. The number of hydrogen-bond acceptors (Lipinski definition) is 22. The second-order valence-electron chi connectivity index (χ2n) is 28.8. The summed E-state index contributed by atoms with van der Waals surface area (Å²) in [6.45, 7) is 14.5. The van der Waals surface area contributed by atoms with Crippen molar-refractivity contribution in [2.75, 3.05) is 35.5 Å². The highest BCUT2D eigenvalue weighted by Gasteiger charge is 2.29. The van der Waals surface area contributed by atoms with Gasteiger partial charge in [-0.2, -0.15) is 0 Å².